The van der Waals surface area contributed by atoms with Gasteiger partial charge in [-0.1, -0.05) is 30.3 Å². The number of nitrogens with one attached hydrogen (secondary N) is 2. The number of carbonyl (C=O) groups excluding carboxylic acids is 2. The van der Waals surface area contributed by atoms with Crippen molar-refractivity contribution in [1.29, 1.82) is 0 Å². The van der Waals surface area contributed by atoms with E-state index in [9.17, 15) is 9.59 Å². The van der Waals surface area contributed by atoms with Crippen molar-refractivity contribution in [3.63, 3.8) is 0 Å². The summed E-state index contributed by atoms with van der Waals surface area (Å²) in [5, 5.41) is 10.5. The first-order chi connectivity index (χ1) is 20.4. The number of amides is 2. The maximum absolute atomic E-state index is 13.5. The summed E-state index contributed by atoms with van der Waals surface area (Å²) in [5.41, 5.74) is 4.01. The lowest BCUT2D eigenvalue weighted by Gasteiger charge is -2.35. The fourth-order valence-corrected chi connectivity index (χ4v) is 5.55. The van der Waals surface area contributed by atoms with Gasteiger partial charge in [-0.2, -0.15) is 14.6 Å². The molecule has 0 radical (unpaired) electrons. The van der Waals surface area contributed by atoms with Crippen molar-refractivity contribution in [1.82, 2.24) is 30.2 Å². The zero-order valence-electron chi connectivity index (χ0n) is 24.5. The number of nitrogens with zero attached hydrogens (tertiary/aromatic N) is 5. The van der Waals surface area contributed by atoms with Gasteiger partial charge in [0, 0.05) is 55.7 Å². The number of ether oxygens (including phenoxy) is 2. The first-order valence-corrected chi connectivity index (χ1v) is 14.1. The second-order valence-electron chi connectivity index (χ2n) is 10.5. The van der Waals surface area contributed by atoms with Gasteiger partial charge in [0.2, 0.25) is 11.8 Å². The number of fused-ring (bicyclic) bond motifs is 1. The van der Waals surface area contributed by atoms with E-state index in [-0.39, 0.29) is 24.3 Å². The summed E-state index contributed by atoms with van der Waals surface area (Å²) in [5.74, 6) is 2.34. The molecule has 1 fully saturated rings. The maximum Gasteiger partial charge on any atom is 0.254 e. The molecule has 220 valence electrons. The number of rotatable bonds is 10. The lowest BCUT2D eigenvalue weighted by atomic mass is 9.99. The quantitative estimate of drug-likeness (QED) is 0.298. The molecule has 2 amide bonds. The van der Waals surface area contributed by atoms with Crippen LogP contribution in [0.3, 0.4) is 0 Å². The van der Waals surface area contributed by atoms with E-state index in [4.69, 9.17) is 14.5 Å². The number of hydrogen-bond donors (Lipinski definition) is 2. The summed E-state index contributed by atoms with van der Waals surface area (Å²) in [7, 11) is 3.16. The molecule has 0 spiro atoms. The fraction of sp³-hybridized carbons (Fsp3) is 0.387. The molecule has 0 bridgehead atoms. The molecule has 5 rings (SSSR count). The normalized spacial score (nSPS) is 14.4. The number of anilines is 1. The molecule has 42 heavy (non-hydrogen) atoms. The Hall–Kier alpha value is -4.67. The Morgan fingerprint density at radius 3 is 2.52 bits per heavy atom. The molecule has 1 aliphatic heterocycles. The third-order valence-corrected chi connectivity index (χ3v) is 7.67. The summed E-state index contributed by atoms with van der Waals surface area (Å²) < 4.78 is 12.7. The topological polar surface area (TPSA) is 123 Å². The minimum atomic E-state index is -0.753. The zero-order chi connectivity index (χ0) is 29.6. The van der Waals surface area contributed by atoms with Crippen LogP contribution in [-0.2, 0) is 22.4 Å². The first-order valence-electron chi connectivity index (χ1n) is 14.1. The van der Waals surface area contributed by atoms with Gasteiger partial charge in [0.25, 0.3) is 5.78 Å². The molecule has 1 aliphatic rings. The number of benzene rings is 2. The van der Waals surface area contributed by atoms with E-state index in [2.05, 4.69) is 37.7 Å². The van der Waals surface area contributed by atoms with Gasteiger partial charge < -0.3 is 25.0 Å². The molecular weight excluding hydrogens is 534 g/mol. The molecule has 11 nitrogen and oxygen atoms in total. The Kier molecular flexibility index (Phi) is 8.85. The molecular formula is C31H37N7O4. The van der Waals surface area contributed by atoms with Crippen LogP contribution in [0.2, 0.25) is 0 Å². The molecule has 1 atom stereocenters. The monoisotopic (exact) mass is 571 g/mol. The number of piperidine rings is 1. The van der Waals surface area contributed by atoms with Crippen LogP contribution < -0.4 is 25.0 Å². The van der Waals surface area contributed by atoms with E-state index in [1.54, 1.807) is 26.4 Å². The third-order valence-electron chi connectivity index (χ3n) is 7.67. The minimum absolute atomic E-state index is 0.0380. The van der Waals surface area contributed by atoms with Crippen molar-refractivity contribution in [3.05, 3.63) is 77.2 Å². The Labute approximate surface area is 245 Å². The van der Waals surface area contributed by atoms with Crippen LogP contribution in [0.1, 0.15) is 42.1 Å². The lowest BCUT2D eigenvalue weighted by molar-refractivity contribution is -0.128. The maximum atomic E-state index is 13.5. The van der Waals surface area contributed by atoms with Gasteiger partial charge in [-0.05, 0) is 43.5 Å². The van der Waals surface area contributed by atoms with Gasteiger partial charge in [0.1, 0.15) is 29.7 Å². The van der Waals surface area contributed by atoms with Gasteiger partial charge in [0.15, 0.2) is 0 Å². The van der Waals surface area contributed by atoms with E-state index >= 15 is 0 Å². The molecule has 11 heteroatoms. The predicted octanol–water partition coefficient (Wildman–Crippen LogP) is 2.87. The average Bonchev–Trinajstić information content (AvgIpc) is 3.45. The van der Waals surface area contributed by atoms with Crippen LogP contribution in [-0.4, -0.2) is 70.8 Å². The fourth-order valence-electron chi connectivity index (χ4n) is 5.55. The number of hydrogen-bond acceptors (Lipinski definition) is 8. The standard InChI is InChI=1S/C31H37N7O4/c1-20-26(16-22-8-6-5-7-9-22)30(38-31(34-20)32-19-33-38)37-14-12-24(13-15-37)36-29(40)27(35-21(2)39)18-23-17-25(41-3)10-11-28(23)42-4/h5-11,17,19,24,27H,12-16,18H2,1-4H3,(H,35,39)(H,36,40)/t27-/m0/s1. The van der Waals surface area contributed by atoms with Crippen LogP contribution in [0.15, 0.2) is 54.9 Å². The highest BCUT2D eigenvalue weighted by molar-refractivity contribution is 5.87. The van der Waals surface area contributed by atoms with E-state index < -0.39 is 6.04 Å². The highest BCUT2D eigenvalue weighted by Gasteiger charge is 2.29. The summed E-state index contributed by atoms with van der Waals surface area (Å²) in [6.45, 7) is 4.87. The minimum Gasteiger partial charge on any atom is -0.497 e. The summed E-state index contributed by atoms with van der Waals surface area (Å²) in [4.78, 5) is 36.8. The Bertz CT molecular complexity index is 1550. The van der Waals surface area contributed by atoms with Gasteiger partial charge in [-0.3, -0.25) is 9.59 Å². The highest BCUT2D eigenvalue weighted by atomic mass is 16.5. The van der Waals surface area contributed by atoms with Crippen LogP contribution >= 0.6 is 0 Å². The Morgan fingerprint density at radius 2 is 1.83 bits per heavy atom. The van der Waals surface area contributed by atoms with Crippen LogP contribution in [0.5, 0.6) is 11.5 Å². The molecule has 1 saturated heterocycles. The number of aromatic nitrogens is 4. The van der Waals surface area contributed by atoms with Gasteiger partial charge in [-0.15, -0.1) is 0 Å². The smallest absolute Gasteiger partial charge is 0.254 e. The molecule has 0 aliphatic carbocycles. The average molecular weight is 572 g/mol. The summed E-state index contributed by atoms with van der Waals surface area (Å²) >= 11 is 0. The van der Waals surface area contributed by atoms with Crippen LogP contribution in [0.4, 0.5) is 5.82 Å². The van der Waals surface area contributed by atoms with Crippen molar-refractivity contribution in [2.24, 2.45) is 0 Å². The molecule has 0 unspecified atom stereocenters. The zero-order valence-corrected chi connectivity index (χ0v) is 24.5. The Balaban J connectivity index is 1.30. The van der Waals surface area contributed by atoms with Gasteiger partial charge in [-0.25, -0.2) is 4.98 Å². The van der Waals surface area contributed by atoms with Crippen molar-refractivity contribution >= 4 is 23.4 Å². The number of carbonyl (C=O) groups is 2. The Morgan fingerprint density at radius 1 is 1.07 bits per heavy atom. The summed E-state index contributed by atoms with van der Waals surface area (Å²) in [6, 6.07) is 15.0. The van der Waals surface area contributed by atoms with Crippen molar-refractivity contribution in [3.8, 4) is 11.5 Å². The molecule has 4 aromatic rings. The number of methoxy groups -OCH3 is 2. The second kappa shape index (κ2) is 12.9. The van der Waals surface area contributed by atoms with E-state index in [1.165, 1.54) is 18.8 Å². The molecule has 2 aromatic heterocycles. The third kappa shape index (κ3) is 6.45. The molecule has 2 aromatic carbocycles. The van der Waals surface area contributed by atoms with Crippen molar-refractivity contribution in [2.45, 2.75) is 51.6 Å². The first kappa shape index (κ1) is 28.8. The van der Waals surface area contributed by atoms with Gasteiger partial charge >= 0.3 is 0 Å². The van der Waals surface area contributed by atoms with Crippen LogP contribution in [0.25, 0.3) is 5.78 Å². The predicted molar refractivity (Wildman–Crippen MR) is 159 cm³/mol. The van der Waals surface area contributed by atoms with E-state index in [1.807, 2.05) is 35.7 Å². The van der Waals surface area contributed by atoms with Crippen molar-refractivity contribution < 1.29 is 19.1 Å². The number of aryl methyl sites for hydroxylation is 1. The van der Waals surface area contributed by atoms with Crippen LogP contribution in [0, 0.1) is 6.92 Å². The van der Waals surface area contributed by atoms with E-state index in [0.717, 1.165) is 55.0 Å². The summed E-state index contributed by atoms with van der Waals surface area (Å²) in [6.07, 6.45) is 4.01. The lowest BCUT2D eigenvalue weighted by Crippen LogP contribution is -2.52. The largest absolute Gasteiger partial charge is 0.497 e. The highest BCUT2D eigenvalue weighted by Crippen LogP contribution is 2.29. The molecule has 3 heterocycles. The SMILES string of the molecule is COc1ccc(OC)c(C[C@H](NC(C)=O)C(=O)NC2CCN(c3c(Cc4ccccc4)c(C)nc4ncnn34)CC2)c1. The second-order valence-corrected chi connectivity index (χ2v) is 10.5. The van der Waals surface area contributed by atoms with E-state index in [0.29, 0.717) is 17.3 Å². The molecule has 0 saturated carbocycles. The molecule has 2 N–H and O–H groups in total. The van der Waals surface area contributed by atoms with Crippen molar-refractivity contribution in [2.75, 3.05) is 32.2 Å². The van der Waals surface area contributed by atoms with Gasteiger partial charge in [0.05, 0.1) is 14.2 Å².